The van der Waals surface area contributed by atoms with E-state index in [0.29, 0.717) is 43.6 Å². The molecule has 160 valence electrons. The molecule has 6 nitrogen and oxygen atoms in total. The van der Waals surface area contributed by atoms with Crippen LogP contribution >= 0.6 is 23.2 Å². The number of benzene rings is 3. The number of rotatable bonds is 4. The molecular formula is C24H16Cl2N2O4. The highest BCUT2D eigenvalue weighted by atomic mass is 35.5. The Balaban J connectivity index is 1.62. The van der Waals surface area contributed by atoms with Gasteiger partial charge in [-0.1, -0.05) is 47.5 Å². The molecule has 0 aliphatic carbocycles. The summed E-state index contributed by atoms with van der Waals surface area (Å²) < 4.78 is 12.1. The van der Waals surface area contributed by atoms with Crippen molar-refractivity contribution in [3.05, 3.63) is 92.2 Å². The van der Waals surface area contributed by atoms with E-state index in [2.05, 4.69) is 4.99 Å². The van der Waals surface area contributed by atoms with Crippen LogP contribution in [0.3, 0.4) is 0 Å². The average Bonchev–Trinajstić information content (AvgIpc) is 3.27. The number of halogens is 2. The van der Waals surface area contributed by atoms with E-state index in [1.165, 1.54) is 10.8 Å². The van der Waals surface area contributed by atoms with Gasteiger partial charge >= 0.3 is 0 Å². The van der Waals surface area contributed by atoms with Crippen LogP contribution in [0.15, 0.2) is 70.5 Å². The summed E-state index contributed by atoms with van der Waals surface area (Å²) in [6, 6.07) is 17.5. The van der Waals surface area contributed by atoms with Crippen LogP contribution in [0.25, 0.3) is 10.8 Å². The molecule has 0 atom stereocenters. The van der Waals surface area contributed by atoms with E-state index in [1.54, 1.807) is 54.6 Å². The smallest absolute Gasteiger partial charge is 0.261 e. The largest absolute Gasteiger partial charge is 0.494 e. The van der Waals surface area contributed by atoms with Crippen LogP contribution in [0.5, 0.6) is 17.4 Å². The number of pyridine rings is 1. The molecule has 5 rings (SSSR count). The predicted octanol–water partition coefficient (Wildman–Crippen LogP) is 5.54. The van der Waals surface area contributed by atoms with E-state index in [9.17, 15) is 9.90 Å². The van der Waals surface area contributed by atoms with Crippen LogP contribution in [-0.4, -0.2) is 22.7 Å². The zero-order chi connectivity index (χ0) is 22.2. The maximum Gasteiger partial charge on any atom is 0.261 e. The SMILES string of the molecule is O=c1c2ccccc2c(C=Nc2ccc(Cl)c(Cl)c2)c(O)n1Cc1ccc2c(c1)OCO2. The minimum Gasteiger partial charge on any atom is -0.494 e. The summed E-state index contributed by atoms with van der Waals surface area (Å²) in [5, 5.41) is 12.9. The maximum atomic E-state index is 13.2. The Kier molecular flexibility index (Phi) is 5.25. The summed E-state index contributed by atoms with van der Waals surface area (Å²) in [7, 11) is 0. The van der Waals surface area contributed by atoms with Gasteiger partial charge in [-0.15, -0.1) is 0 Å². The zero-order valence-corrected chi connectivity index (χ0v) is 18.1. The predicted molar refractivity (Wildman–Crippen MR) is 125 cm³/mol. The van der Waals surface area contributed by atoms with Gasteiger partial charge in [-0.2, -0.15) is 0 Å². The molecule has 8 heteroatoms. The average molecular weight is 467 g/mol. The third-order valence-corrected chi connectivity index (χ3v) is 5.95. The van der Waals surface area contributed by atoms with Gasteiger partial charge in [0.05, 0.1) is 27.8 Å². The molecule has 0 fully saturated rings. The van der Waals surface area contributed by atoms with Crippen molar-refractivity contribution >= 4 is 45.9 Å². The maximum absolute atomic E-state index is 13.2. The Morgan fingerprint density at radius 2 is 1.75 bits per heavy atom. The van der Waals surface area contributed by atoms with E-state index in [-0.39, 0.29) is 24.8 Å². The highest BCUT2D eigenvalue weighted by Crippen LogP contribution is 2.33. The van der Waals surface area contributed by atoms with Crippen molar-refractivity contribution in [1.82, 2.24) is 4.57 Å². The number of aromatic nitrogens is 1. The van der Waals surface area contributed by atoms with Crippen LogP contribution < -0.4 is 15.0 Å². The second-order valence-electron chi connectivity index (χ2n) is 7.22. The number of aromatic hydroxyl groups is 1. The lowest BCUT2D eigenvalue weighted by Gasteiger charge is -2.14. The second kappa shape index (κ2) is 8.22. The van der Waals surface area contributed by atoms with E-state index in [4.69, 9.17) is 32.7 Å². The van der Waals surface area contributed by atoms with E-state index in [1.807, 2.05) is 6.07 Å². The van der Waals surface area contributed by atoms with Crippen molar-refractivity contribution in [2.75, 3.05) is 6.79 Å². The van der Waals surface area contributed by atoms with Gasteiger partial charge in [0, 0.05) is 17.0 Å². The van der Waals surface area contributed by atoms with E-state index in [0.717, 1.165) is 5.56 Å². The van der Waals surface area contributed by atoms with Crippen LogP contribution in [0.1, 0.15) is 11.1 Å². The topological polar surface area (TPSA) is 73.0 Å². The molecule has 0 bridgehead atoms. The minimum absolute atomic E-state index is 0.153. The van der Waals surface area contributed by atoms with Crippen molar-refractivity contribution in [2.24, 2.45) is 4.99 Å². The lowest BCUT2D eigenvalue weighted by atomic mass is 10.1. The Morgan fingerprint density at radius 1 is 0.969 bits per heavy atom. The molecule has 1 aliphatic heterocycles. The van der Waals surface area contributed by atoms with Crippen molar-refractivity contribution in [3.8, 4) is 17.4 Å². The molecular weight excluding hydrogens is 451 g/mol. The fourth-order valence-corrected chi connectivity index (χ4v) is 3.90. The number of hydrogen-bond donors (Lipinski definition) is 1. The monoisotopic (exact) mass is 466 g/mol. The lowest BCUT2D eigenvalue weighted by molar-refractivity contribution is 0.174. The standard InChI is InChI=1S/C24H16Cl2N2O4/c25-19-7-6-15(10-20(19)26)27-11-18-16-3-1-2-4-17(16)23(29)28(24(18)30)12-14-5-8-21-22(9-14)32-13-31-21/h1-11,30H,12-13H2. The molecule has 0 radical (unpaired) electrons. The zero-order valence-electron chi connectivity index (χ0n) is 16.6. The Morgan fingerprint density at radius 3 is 2.56 bits per heavy atom. The van der Waals surface area contributed by atoms with Gasteiger partial charge in [-0.3, -0.25) is 14.4 Å². The lowest BCUT2D eigenvalue weighted by Crippen LogP contribution is -2.22. The fraction of sp³-hybridized carbons (Fsp3) is 0.0833. The summed E-state index contributed by atoms with van der Waals surface area (Å²) in [5.41, 5.74) is 1.47. The molecule has 0 saturated carbocycles. The molecule has 2 heterocycles. The molecule has 0 amide bonds. The first-order valence-corrected chi connectivity index (χ1v) is 10.5. The number of aliphatic imine (C=N–C) groups is 1. The molecule has 3 aromatic carbocycles. The number of hydrogen-bond acceptors (Lipinski definition) is 5. The van der Waals surface area contributed by atoms with Gasteiger partial charge in [0.2, 0.25) is 12.7 Å². The summed E-state index contributed by atoms with van der Waals surface area (Å²) in [5.74, 6) is 1.07. The first kappa shape index (κ1) is 20.4. The van der Waals surface area contributed by atoms with Gasteiger partial charge in [-0.05, 0) is 42.0 Å². The van der Waals surface area contributed by atoms with Crippen LogP contribution in [0, 0.1) is 0 Å². The third-order valence-electron chi connectivity index (χ3n) is 5.21. The third kappa shape index (κ3) is 3.68. The first-order chi connectivity index (χ1) is 15.5. The van der Waals surface area contributed by atoms with Gasteiger partial charge in [-0.25, -0.2) is 0 Å². The quantitative estimate of drug-likeness (QED) is 0.400. The highest BCUT2D eigenvalue weighted by molar-refractivity contribution is 6.42. The van der Waals surface area contributed by atoms with E-state index < -0.39 is 0 Å². The molecule has 4 aromatic rings. The Hall–Kier alpha value is -3.48. The number of nitrogens with zero attached hydrogens (tertiary/aromatic N) is 2. The molecule has 32 heavy (non-hydrogen) atoms. The van der Waals surface area contributed by atoms with Crippen molar-refractivity contribution in [1.29, 1.82) is 0 Å². The van der Waals surface area contributed by atoms with Crippen LogP contribution in [0.4, 0.5) is 5.69 Å². The summed E-state index contributed by atoms with van der Waals surface area (Å²) in [6.07, 6.45) is 1.52. The fourth-order valence-electron chi connectivity index (χ4n) is 3.61. The van der Waals surface area contributed by atoms with Gasteiger partial charge in [0.25, 0.3) is 5.56 Å². The molecule has 0 saturated heterocycles. The van der Waals surface area contributed by atoms with Gasteiger partial charge in [0.1, 0.15) is 0 Å². The van der Waals surface area contributed by atoms with Gasteiger partial charge < -0.3 is 14.6 Å². The number of ether oxygens (including phenoxy) is 2. The molecule has 1 N–H and O–H groups in total. The van der Waals surface area contributed by atoms with Crippen molar-refractivity contribution < 1.29 is 14.6 Å². The summed E-state index contributed by atoms with van der Waals surface area (Å²) >= 11 is 12.1. The molecule has 0 spiro atoms. The van der Waals surface area contributed by atoms with E-state index >= 15 is 0 Å². The number of fused-ring (bicyclic) bond motifs is 2. The van der Waals surface area contributed by atoms with Crippen molar-refractivity contribution in [2.45, 2.75) is 6.54 Å². The van der Waals surface area contributed by atoms with Crippen LogP contribution in [0.2, 0.25) is 10.0 Å². The summed E-state index contributed by atoms with van der Waals surface area (Å²) in [4.78, 5) is 17.6. The Bertz CT molecular complexity index is 1450. The Labute approximate surface area is 192 Å². The van der Waals surface area contributed by atoms with Crippen molar-refractivity contribution in [3.63, 3.8) is 0 Å². The highest BCUT2D eigenvalue weighted by Gasteiger charge is 2.17. The van der Waals surface area contributed by atoms with Crippen LogP contribution in [-0.2, 0) is 6.54 Å². The minimum atomic E-state index is -0.303. The summed E-state index contributed by atoms with van der Waals surface area (Å²) in [6.45, 7) is 0.315. The molecule has 1 aliphatic rings. The molecule has 0 unspecified atom stereocenters. The first-order valence-electron chi connectivity index (χ1n) is 9.73. The molecule has 1 aromatic heterocycles. The van der Waals surface area contributed by atoms with Gasteiger partial charge in [0.15, 0.2) is 11.5 Å². The normalized spacial score (nSPS) is 12.7. The second-order valence-corrected chi connectivity index (χ2v) is 8.03.